The van der Waals surface area contributed by atoms with Crippen LogP contribution in [0.3, 0.4) is 0 Å². The fraction of sp³-hybridized carbons (Fsp3) is 0.171. The molecule has 0 spiro atoms. The predicted molar refractivity (Wildman–Crippen MR) is 184 cm³/mol. The lowest BCUT2D eigenvalue weighted by molar-refractivity contribution is 0.919. The van der Waals surface area contributed by atoms with Crippen molar-refractivity contribution in [3.05, 3.63) is 172 Å². The van der Waals surface area contributed by atoms with E-state index in [0.29, 0.717) is 0 Å². The maximum absolute atomic E-state index is 4.70. The first-order chi connectivity index (χ1) is 21.3. The minimum absolute atomic E-state index is 0.120. The average molecular weight is 574 g/mol. The lowest BCUT2D eigenvalue weighted by atomic mass is 9.77. The molecule has 6 aromatic rings. The summed E-state index contributed by atoms with van der Waals surface area (Å²) in [6.45, 7) is 13.4. The van der Waals surface area contributed by atoms with Gasteiger partial charge in [-0.25, -0.2) is 9.97 Å². The molecule has 3 nitrogen and oxygen atoms in total. The largest absolute Gasteiger partial charge is 0.294 e. The van der Waals surface area contributed by atoms with Gasteiger partial charge in [-0.05, 0) is 110 Å². The summed E-state index contributed by atoms with van der Waals surface area (Å²) in [5, 5.41) is 0. The van der Waals surface area contributed by atoms with Crippen molar-refractivity contribution < 1.29 is 0 Å². The lowest BCUT2D eigenvalue weighted by Gasteiger charge is -2.29. The summed E-state index contributed by atoms with van der Waals surface area (Å²) in [5.41, 5.74) is 16.4. The van der Waals surface area contributed by atoms with E-state index < -0.39 is 0 Å². The number of aryl methyl sites for hydroxylation is 6. The predicted octanol–water partition coefficient (Wildman–Crippen LogP) is 10.6. The molecule has 0 aliphatic carbocycles. The van der Waals surface area contributed by atoms with Crippen LogP contribution in [0.2, 0.25) is 0 Å². The molecule has 0 radical (unpaired) electrons. The molecule has 0 aliphatic rings. The molecule has 0 atom stereocenters. The normalized spacial score (nSPS) is 11.2. The van der Waals surface area contributed by atoms with Crippen molar-refractivity contribution in [3.63, 3.8) is 0 Å². The van der Waals surface area contributed by atoms with E-state index in [1.165, 1.54) is 50.1 Å². The SMILES string of the molecule is Cc1cc(C)c(C(c2ccc(N(c3ccncn3)c3ccccc3-c3ccccc3)cc2)c2c(C)cc(C)cc2C)c(C)c1. The molecule has 0 saturated heterocycles. The molecule has 218 valence electrons. The van der Waals surface area contributed by atoms with Gasteiger partial charge in [0.25, 0.3) is 0 Å². The molecule has 0 bridgehead atoms. The number of rotatable bonds is 7. The van der Waals surface area contributed by atoms with Gasteiger partial charge in [-0.15, -0.1) is 0 Å². The average Bonchev–Trinajstić information content (AvgIpc) is 3.01. The Bertz CT molecular complexity index is 1800. The second-order valence-electron chi connectivity index (χ2n) is 11.9. The van der Waals surface area contributed by atoms with Crippen LogP contribution >= 0.6 is 0 Å². The Morgan fingerprint density at radius 3 is 1.66 bits per heavy atom. The van der Waals surface area contributed by atoms with Crippen LogP contribution in [0, 0.1) is 41.5 Å². The van der Waals surface area contributed by atoms with Crippen molar-refractivity contribution in [2.24, 2.45) is 0 Å². The molecule has 0 unspecified atom stereocenters. The van der Waals surface area contributed by atoms with Crippen LogP contribution in [0.1, 0.15) is 56.0 Å². The second-order valence-corrected chi connectivity index (χ2v) is 11.9. The third kappa shape index (κ3) is 5.66. The van der Waals surface area contributed by atoms with Crippen LogP contribution < -0.4 is 4.90 Å². The Morgan fingerprint density at radius 2 is 1.11 bits per heavy atom. The van der Waals surface area contributed by atoms with Gasteiger partial charge in [0.2, 0.25) is 0 Å². The standard InChI is InChI=1S/C41H39N3/c1-27-22-29(3)39(30(4)23-27)41(40-31(5)24-28(2)25-32(40)6)34-16-18-35(19-17-34)44(38-20-21-42-26-43-38)37-15-11-10-14-36(37)33-12-8-7-9-13-33/h7-26,41H,1-6H3. The first kappa shape index (κ1) is 29.1. The summed E-state index contributed by atoms with van der Waals surface area (Å²) in [4.78, 5) is 11.1. The molecule has 5 aromatic carbocycles. The van der Waals surface area contributed by atoms with E-state index in [1.807, 2.05) is 6.07 Å². The Labute approximate surface area is 261 Å². The number of aromatic nitrogens is 2. The Balaban J connectivity index is 1.53. The van der Waals surface area contributed by atoms with Gasteiger partial charge in [0, 0.05) is 23.4 Å². The Kier molecular flexibility index (Phi) is 8.13. The van der Waals surface area contributed by atoms with E-state index in [0.717, 1.165) is 28.3 Å². The van der Waals surface area contributed by atoms with E-state index in [2.05, 4.69) is 155 Å². The molecule has 0 saturated carbocycles. The van der Waals surface area contributed by atoms with E-state index in [9.17, 15) is 0 Å². The van der Waals surface area contributed by atoms with E-state index >= 15 is 0 Å². The van der Waals surface area contributed by atoms with Gasteiger partial charge in [-0.2, -0.15) is 0 Å². The van der Waals surface area contributed by atoms with Crippen LogP contribution in [-0.2, 0) is 0 Å². The summed E-state index contributed by atoms with van der Waals surface area (Å²) in [5.74, 6) is 0.942. The highest BCUT2D eigenvalue weighted by Crippen LogP contribution is 2.43. The van der Waals surface area contributed by atoms with Gasteiger partial charge in [0.15, 0.2) is 0 Å². The zero-order chi connectivity index (χ0) is 30.8. The molecule has 1 heterocycles. The topological polar surface area (TPSA) is 29.0 Å². The van der Waals surface area contributed by atoms with Crippen LogP contribution in [-0.4, -0.2) is 9.97 Å². The zero-order valence-electron chi connectivity index (χ0n) is 26.5. The van der Waals surface area contributed by atoms with Crippen molar-refractivity contribution in [1.82, 2.24) is 9.97 Å². The first-order valence-corrected chi connectivity index (χ1v) is 15.3. The van der Waals surface area contributed by atoms with Gasteiger partial charge in [-0.1, -0.05) is 96.1 Å². The fourth-order valence-electron chi connectivity index (χ4n) is 6.93. The van der Waals surface area contributed by atoms with E-state index in [4.69, 9.17) is 4.98 Å². The van der Waals surface area contributed by atoms with Crippen LogP contribution in [0.15, 0.2) is 122 Å². The molecule has 0 N–H and O–H groups in total. The van der Waals surface area contributed by atoms with Crippen LogP contribution in [0.4, 0.5) is 17.2 Å². The van der Waals surface area contributed by atoms with Crippen LogP contribution in [0.25, 0.3) is 11.1 Å². The summed E-state index contributed by atoms with van der Waals surface area (Å²) in [6, 6.07) is 39.4. The Morgan fingerprint density at radius 1 is 0.568 bits per heavy atom. The molecule has 0 aliphatic heterocycles. The van der Waals surface area contributed by atoms with E-state index in [1.54, 1.807) is 12.5 Å². The highest BCUT2D eigenvalue weighted by molar-refractivity contribution is 5.87. The number of anilines is 3. The molecular weight excluding hydrogens is 534 g/mol. The monoisotopic (exact) mass is 573 g/mol. The maximum atomic E-state index is 4.70. The van der Waals surface area contributed by atoms with Crippen molar-refractivity contribution in [2.75, 3.05) is 4.90 Å². The van der Waals surface area contributed by atoms with E-state index in [-0.39, 0.29) is 5.92 Å². The second kappa shape index (κ2) is 12.3. The Hall–Kier alpha value is -5.02. The maximum Gasteiger partial charge on any atom is 0.140 e. The lowest BCUT2D eigenvalue weighted by Crippen LogP contribution is -2.14. The number of para-hydroxylation sites is 1. The van der Waals surface area contributed by atoms with Crippen molar-refractivity contribution in [2.45, 2.75) is 47.5 Å². The number of nitrogens with zero attached hydrogens (tertiary/aromatic N) is 3. The smallest absolute Gasteiger partial charge is 0.140 e. The molecule has 3 heteroatoms. The number of hydrogen-bond acceptors (Lipinski definition) is 3. The number of benzene rings is 5. The first-order valence-electron chi connectivity index (χ1n) is 15.3. The van der Waals surface area contributed by atoms with Gasteiger partial charge in [0.1, 0.15) is 12.1 Å². The summed E-state index contributed by atoms with van der Waals surface area (Å²) < 4.78 is 0. The van der Waals surface area contributed by atoms with Crippen LogP contribution in [0.5, 0.6) is 0 Å². The van der Waals surface area contributed by atoms with Gasteiger partial charge in [-0.3, -0.25) is 4.90 Å². The van der Waals surface area contributed by atoms with Gasteiger partial charge < -0.3 is 0 Å². The summed E-state index contributed by atoms with van der Waals surface area (Å²) >= 11 is 0. The minimum atomic E-state index is 0.120. The molecular formula is C41H39N3. The molecule has 1 aromatic heterocycles. The third-order valence-corrected chi connectivity index (χ3v) is 8.56. The number of hydrogen-bond donors (Lipinski definition) is 0. The molecule has 44 heavy (non-hydrogen) atoms. The fourth-order valence-corrected chi connectivity index (χ4v) is 6.93. The van der Waals surface area contributed by atoms with Crippen molar-refractivity contribution in [1.29, 1.82) is 0 Å². The van der Waals surface area contributed by atoms with Crippen molar-refractivity contribution >= 4 is 17.2 Å². The molecule has 0 fully saturated rings. The summed E-state index contributed by atoms with van der Waals surface area (Å²) in [6.07, 6.45) is 3.42. The van der Waals surface area contributed by atoms with Gasteiger partial charge >= 0.3 is 0 Å². The third-order valence-electron chi connectivity index (χ3n) is 8.56. The van der Waals surface area contributed by atoms with Gasteiger partial charge in [0.05, 0.1) is 5.69 Å². The minimum Gasteiger partial charge on any atom is -0.294 e. The molecule has 6 rings (SSSR count). The highest BCUT2D eigenvalue weighted by Gasteiger charge is 2.25. The summed E-state index contributed by atoms with van der Waals surface area (Å²) in [7, 11) is 0. The highest BCUT2D eigenvalue weighted by atomic mass is 15.2. The molecule has 0 amide bonds. The van der Waals surface area contributed by atoms with Crippen molar-refractivity contribution in [3.8, 4) is 11.1 Å². The zero-order valence-corrected chi connectivity index (χ0v) is 26.5. The quantitative estimate of drug-likeness (QED) is 0.178.